The summed E-state index contributed by atoms with van der Waals surface area (Å²) in [5, 5.41) is 3.44. The van der Waals surface area contributed by atoms with Crippen molar-refractivity contribution in [3.63, 3.8) is 0 Å². The summed E-state index contributed by atoms with van der Waals surface area (Å²) >= 11 is 0. The van der Waals surface area contributed by atoms with Gasteiger partial charge in [-0.05, 0) is 57.4 Å². The summed E-state index contributed by atoms with van der Waals surface area (Å²) in [6.45, 7) is 6.38. The third-order valence-electron chi connectivity index (χ3n) is 4.92. The van der Waals surface area contributed by atoms with Gasteiger partial charge in [-0.3, -0.25) is 0 Å². The number of hydrogen-bond donors (Lipinski definition) is 1. The van der Waals surface area contributed by atoms with Crippen LogP contribution in [-0.2, 0) is 9.47 Å². The van der Waals surface area contributed by atoms with Crippen molar-refractivity contribution >= 4 is 0 Å². The zero-order valence-corrected chi connectivity index (χ0v) is 12.9. The van der Waals surface area contributed by atoms with Gasteiger partial charge in [0, 0.05) is 12.6 Å². The summed E-state index contributed by atoms with van der Waals surface area (Å²) in [4.78, 5) is 0. The van der Waals surface area contributed by atoms with Crippen molar-refractivity contribution in [3.05, 3.63) is 0 Å². The van der Waals surface area contributed by atoms with Crippen LogP contribution in [0.3, 0.4) is 0 Å². The van der Waals surface area contributed by atoms with Crippen LogP contribution in [0.2, 0.25) is 0 Å². The van der Waals surface area contributed by atoms with Crippen LogP contribution in [0.4, 0.5) is 0 Å². The molecule has 0 amide bonds. The molecule has 0 spiro atoms. The van der Waals surface area contributed by atoms with Gasteiger partial charge in [-0.15, -0.1) is 0 Å². The lowest BCUT2D eigenvalue weighted by molar-refractivity contribution is -0.0846. The highest BCUT2D eigenvalue weighted by molar-refractivity contribution is 4.86. The van der Waals surface area contributed by atoms with Crippen LogP contribution in [0.5, 0.6) is 0 Å². The fourth-order valence-electron chi connectivity index (χ4n) is 3.45. The van der Waals surface area contributed by atoms with Crippen LogP contribution in [0.1, 0.15) is 52.4 Å². The molecule has 1 aliphatic carbocycles. The molecule has 1 saturated carbocycles. The fraction of sp³-hybridized carbons (Fsp3) is 1.00. The van der Waals surface area contributed by atoms with Crippen molar-refractivity contribution in [1.29, 1.82) is 0 Å². The molecular formula is C16H31NO2. The summed E-state index contributed by atoms with van der Waals surface area (Å²) in [5.41, 5.74) is 0. The van der Waals surface area contributed by atoms with Crippen molar-refractivity contribution in [3.8, 4) is 0 Å². The SMILES string of the molecule is CNC1CCC(C(C)C)CC1OCC1CCCCO1. The van der Waals surface area contributed by atoms with Gasteiger partial charge in [-0.1, -0.05) is 13.8 Å². The summed E-state index contributed by atoms with van der Waals surface area (Å²) in [6, 6.07) is 0.526. The first kappa shape index (κ1) is 15.3. The highest BCUT2D eigenvalue weighted by atomic mass is 16.5. The Morgan fingerprint density at radius 2 is 2.05 bits per heavy atom. The van der Waals surface area contributed by atoms with Gasteiger partial charge in [0.15, 0.2) is 0 Å². The van der Waals surface area contributed by atoms with Crippen molar-refractivity contribution in [2.45, 2.75) is 70.6 Å². The second-order valence-electron chi connectivity index (χ2n) is 6.57. The molecule has 2 rings (SSSR count). The van der Waals surface area contributed by atoms with Crippen molar-refractivity contribution < 1.29 is 9.47 Å². The molecule has 0 aromatic carbocycles. The van der Waals surface area contributed by atoms with Gasteiger partial charge in [0.2, 0.25) is 0 Å². The highest BCUT2D eigenvalue weighted by Crippen LogP contribution is 2.32. The van der Waals surface area contributed by atoms with Crippen molar-refractivity contribution in [2.24, 2.45) is 11.8 Å². The van der Waals surface area contributed by atoms with Gasteiger partial charge in [0.25, 0.3) is 0 Å². The molecule has 0 bridgehead atoms. The van der Waals surface area contributed by atoms with E-state index < -0.39 is 0 Å². The smallest absolute Gasteiger partial charge is 0.0808 e. The van der Waals surface area contributed by atoms with Crippen LogP contribution in [0.25, 0.3) is 0 Å². The fourth-order valence-corrected chi connectivity index (χ4v) is 3.45. The van der Waals surface area contributed by atoms with Gasteiger partial charge >= 0.3 is 0 Å². The molecule has 3 heteroatoms. The molecule has 2 aliphatic rings. The largest absolute Gasteiger partial charge is 0.376 e. The maximum Gasteiger partial charge on any atom is 0.0808 e. The Balaban J connectivity index is 1.80. The molecule has 2 fully saturated rings. The number of nitrogens with one attached hydrogen (secondary N) is 1. The predicted octanol–water partition coefficient (Wildman–Crippen LogP) is 2.98. The Hall–Kier alpha value is -0.120. The normalized spacial score (nSPS) is 36.6. The lowest BCUT2D eigenvalue weighted by Gasteiger charge is -2.38. The molecule has 1 aliphatic heterocycles. The number of hydrogen-bond acceptors (Lipinski definition) is 3. The van der Waals surface area contributed by atoms with Crippen molar-refractivity contribution in [1.82, 2.24) is 5.32 Å². The summed E-state index contributed by atoms with van der Waals surface area (Å²) < 4.78 is 12.0. The van der Waals surface area contributed by atoms with Crippen LogP contribution >= 0.6 is 0 Å². The second kappa shape index (κ2) is 7.61. The van der Waals surface area contributed by atoms with Gasteiger partial charge in [0.05, 0.1) is 18.8 Å². The van der Waals surface area contributed by atoms with Gasteiger partial charge < -0.3 is 14.8 Å². The Morgan fingerprint density at radius 3 is 2.68 bits per heavy atom. The van der Waals surface area contributed by atoms with Crippen LogP contribution in [0, 0.1) is 11.8 Å². The highest BCUT2D eigenvalue weighted by Gasteiger charge is 2.32. The quantitative estimate of drug-likeness (QED) is 0.832. The first-order valence-electron chi connectivity index (χ1n) is 8.11. The molecule has 112 valence electrons. The van der Waals surface area contributed by atoms with Gasteiger partial charge in [-0.2, -0.15) is 0 Å². The Morgan fingerprint density at radius 1 is 1.21 bits per heavy atom. The molecule has 0 aromatic heterocycles. The van der Waals surface area contributed by atoms with Gasteiger partial charge in [0.1, 0.15) is 0 Å². The lowest BCUT2D eigenvalue weighted by Crippen LogP contribution is -2.46. The first-order chi connectivity index (χ1) is 9.20. The van der Waals surface area contributed by atoms with E-state index in [2.05, 4.69) is 26.2 Å². The Kier molecular flexibility index (Phi) is 6.11. The van der Waals surface area contributed by atoms with E-state index >= 15 is 0 Å². The van der Waals surface area contributed by atoms with E-state index in [1.807, 2.05) is 0 Å². The zero-order chi connectivity index (χ0) is 13.7. The van der Waals surface area contributed by atoms with E-state index in [0.717, 1.165) is 25.0 Å². The summed E-state index contributed by atoms with van der Waals surface area (Å²) in [6.07, 6.45) is 8.18. The Labute approximate surface area is 118 Å². The monoisotopic (exact) mass is 269 g/mol. The van der Waals surface area contributed by atoms with E-state index in [1.165, 1.54) is 38.5 Å². The number of rotatable bonds is 5. The molecule has 1 saturated heterocycles. The average molecular weight is 269 g/mol. The van der Waals surface area contributed by atoms with Crippen LogP contribution in [0.15, 0.2) is 0 Å². The number of ether oxygens (including phenoxy) is 2. The molecule has 4 atom stereocenters. The van der Waals surface area contributed by atoms with Gasteiger partial charge in [-0.25, -0.2) is 0 Å². The number of likely N-dealkylation sites (N-methyl/N-ethyl adjacent to an activating group) is 1. The molecule has 1 N–H and O–H groups in total. The molecule has 0 radical (unpaired) electrons. The third kappa shape index (κ3) is 4.44. The van der Waals surface area contributed by atoms with Crippen LogP contribution in [-0.4, -0.2) is 38.5 Å². The summed E-state index contributed by atoms with van der Waals surface area (Å²) in [7, 11) is 2.06. The van der Waals surface area contributed by atoms with Crippen LogP contribution < -0.4 is 5.32 Å². The standard InChI is InChI=1S/C16H31NO2/c1-12(2)13-7-8-15(17-3)16(10-13)19-11-14-6-4-5-9-18-14/h12-17H,4-11H2,1-3H3. The van der Waals surface area contributed by atoms with E-state index in [4.69, 9.17) is 9.47 Å². The lowest BCUT2D eigenvalue weighted by atomic mass is 9.78. The maximum absolute atomic E-state index is 6.22. The minimum absolute atomic E-state index is 0.339. The predicted molar refractivity (Wildman–Crippen MR) is 78.4 cm³/mol. The molecule has 4 unspecified atom stereocenters. The minimum Gasteiger partial charge on any atom is -0.376 e. The molecule has 1 heterocycles. The van der Waals surface area contributed by atoms with E-state index in [0.29, 0.717) is 18.2 Å². The van der Waals surface area contributed by atoms with Crippen molar-refractivity contribution in [2.75, 3.05) is 20.3 Å². The summed E-state index contributed by atoms with van der Waals surface area (Å²) in [5.74, 6) is 1.59. The zero-order valence-electron chi connectivity index (χ0n) is 12.9. The maximum atomic E-state index is 6.22. The minimum atomic E-state index is 0.339. The average Bonchev–Trinajstić information content (AvgIpc) is 2.45. The Bertz CT molecular complexity index is 251. The molecular weight excluding hydrogens is 238 g/mol. The van der Waals surface area contributed by atoms with E-state index in [1.54, 1.807) is 0 Å². The molecule has 0 aromatic rings. The second-order valence-corrected chi connectivity index (χ2v) is 6.57. The molecule has 3 nitrogen and oxygen atoms in total. The third-order valence-corrected chi connectivity index (χ3v) is 4.92. The topological polar surface area (TPSA) is 30.5 Å². The van der Waals surface area contributed by atoms with E-state index in [9.17, 15) is 0 Å². The first-order valence-corrected chi connectivity index (χ1v) is 8.11. The molecule has 19 heavy (non-hydrogen) atoms. The van der Waals surface area contributed by atoms with E-state index in [-0.39, 0.29) is 0 Å².